The van der Waals surface area contributed by atoms with E-state index in [1.54, 1.807) is 0 Å². The zero-order valence-corrected chi connectivity index (χ0v) is 65.0. The molecule has 0 radical (unpaired) electrons. The molecular formula is C78H152O17P2. The van der Waals surface area contributed by atoms with Crippen LogP contribution in [0.1, 0.15) is 413 Å². The van der Waals surface area contributed by atoms with E-state index in [-0.39, 0.29) is 25.7 Å². The van der Waals surface area contributed by atoms with Crippen LogP contribution in [-0.2, 0) is 65.4 Å². The highest BCUT2D eigenvalue weighted by atomic mass is 31.2. The molecule has 0 bridgehead atoms. The van der Waals surface area contributed by atoms with Gasteiger partial charge >= 0.3 is 39.5 Å². The number of ether oxygens (including phenoxy) is 4. The van der Waals surface area contributed by atoms with Crippen LogP contribution in [0.15, 0.2) is 0 Å². The molecule has 576 valence electrons. The lowest BCUT2D eigenvalue weighted by molar-refractivity contribution is -0.161. The smallest absolute Gasteiger partial charge is 0.462 e. The average molecular weight is 1420 g/mol. The summed E-state index contributed by atoms with van der Waals surface area (Å²) in [6, 6.07) is 0. The summed E-state index contributed by atoms with van der Waals surface area (Å²) in [7, 11) is -9.91. The molecule has 97 heavy (non-hydrogen) atoms. The monoisotopic (exact) mass is 1420 g/mol. The number of aliphatic hydroxyl groups excluding tert-OH is 1. The van der Waals surface area contributed by atoms with Crippen LogP contribution < -0.4 is 0 Å². The van der Waals surface area contributed by atoms with Crippen LogP contribution in [0, 0.1) is 5.92 Å². The lowest BCUT2D eigenvalue weighted by Crippen LogP contribution is -2.30. The number of aliphatic hydroxyl groups is 1. The van der Waals surface area contributed by atoms with E-state index in [2.05, 4.69) is 34.6 Å². The fourth-order valence-electron chi connectivity index (χ4n) is 12.1. The molecule has 3 N–H and O–H groups in total. The molecule has 0 aromatic heterocycles. The summed E-state index contributed by atoms with van der Waals surface area (Å²) in [5, 5.41) is 10.6. The quantitative estimate of drug-likeness (QED) is 0.0222. The predicted octanol–water partition coefficient (Wildman–Crippen LogP) is 23.3. The van der Waals surface area contributed by atoms with Crippen LogP contribution in [0.25, 0.3) is 0 Å². The lowest BCUT2D eigenvalue weighted by atomic mass is 10.0. The molecule has 0 spiro atoms. The fraction of sp³-hybridized carbons (Fsp3) is 0.949. The van der Waals surface area contributed by atoms with Crippen molar-refractivity contribution in [2.24, 2.45) is 5.92 Å². The highest BCUT2D eigenvalue weighted by Crippen LogP contribution is 2.45. The van der Waals surface area contributed by atoms with Gasteiger partial charge in [-0.2, -0.15) is 0 Å². The topological polar surface area (TPSA) is 237 Å². The molecule has 19 heteroatoms. The van der Waals surface area contributed by atoms with Crippen LogP contribution >= 0.6 is 15.6 Å². The van der Waals surface area contributed by atoms with E-state index in [4.69, 9.17) is 37.0 Å². The molecule has 0 aromatic rings. The Kier molecular flexibility index (Phi) is 69.6. The Morgan fingerprint density at radius 3 is 0.701 bits per heavy atom. The summed E-state index contributed by atoms with van der Waals surface area (Å²) >= 11 is 0. The molecule has 0 amide bonds. The Morgan fingerprint density at radius 2 is 0.474 bits per heavy atom. The summed E-state index contributed by atoms with van der Waals surface area (Å²) < 4.78 is 68.5. The van der Waals surface area contributed by atoms with Crippen LogP contribution in [0.3, 0.4) is 0 Å². The Morgan fingerprint density at radius 1 is 0.278 bits per heavy atom. The minimum Gasteiger partial charge on any atom is -0.462 e. The fourth-order valence-corrected chi connectivity index (χ4v) is 13.6. The van der Waals surface area contributed by atoms with Crippen molar-refractivity contribution in [1.82, 2.24) is 0 Å². The molecule has 0 heterocycles. The number of unbranched alkanes of at least 4 members (excludes halogenated alkanes) is 50. The van der Waals surface area contributed by atoms with Crippen LogP contribution in [-0.4, -0.2) is 96.7 Å². The van der Waals surface area contributed by atoms with Crippen molar-refractivity contribution in [3.8, 4) is 0 Å². The van der Waals surface area contributed by atoms with Gasteiger partial charge in [-0.05, 0) is 31.6 Å². The molecule has 0 rings (SSSR count). The van der Waals surface area contributed by atoms with Crippen molar-refractivity contribution >= 4 is 39.5 Å². The van der Waals surface area contributed by atoms with Crippen molar-refractivity contribution in [2.45, 2.75) is 432 Å². The minimum absolute atomic E-state index is 0.107. The second-order valence-electron chi connectivity index (χ2n) is 28.6. The zero-order valence-electron chi connectivity index (χ0n) is 63.2. The summed E-state index contributed by atoms with van der Waals surface area (Å²) in [5.74, 6) is -1.31. The molecule has 17 nitrogen and oxygen atoms in total. The third kappa shape index (κ3) is 72.2. The molecule has 0 fully saturated rings. The van der Waals surface area contributed by atoms with E-state index in [0.29, 0.717) is 25.7 Å². The number of carbonyl (C=O) groups is 4. The maximum absolute atomic E-state index is 13.1. The van der Waals surface area contributed by atoms with Crippen molar-refractivity contribution in [3.05, 3.63) is 0 Å². The molecule has 0 aliphatic carbocycles. The number of phosphoric ester groups is 2. The molecule has 0 aromatic carbocycles. The second-order valence-corrected chi connectivity index (χ2v) is 31.5. The molecule has 0 saturated heterocycles. The van der Waals surface area contributed by atoms with Crippen molar-refractivity contribution < 1.29 is 80.2 Å². The zero-order chi connectivity index (χ0) is 71.2. The van der Waals surface area contributed by atoms with Crippen LogP contribution in [0.4, 0.5) is 0 Å². The number of carbonyl (C=O) groups excluding carboxylic acids is 4. The van der Waals surface area contributed by atoms with Crippen LogP contribution in [0.5, 0.6) is 0 Å². The third-order valence-electron chi connectivity index (χ3n) is 18.3. The first-order valence-electron chi connectivity index (χ1n) is 40.6. The van der Waals surface area contributed by atoms with E-state index in [9.17, 15) is 43.2 Å². The van der Waals surface area contributed by atoms with Gasteiger partial charge in [0.2, 0.25) is 0 Å². The second kappa shape index (κ2) is 71.1. The van der Waals surface area contributed by atoms with Gasteiger partial charge < -0.3 is 33.8 Å². The van der Waals surface area contributed by atoms with Gasteiger partial charge in [0, 0.05) is 25.7 Å². The van der Waals surface area contributed by atoms with Crippen molar-refractivity contribution in [2.75, 3.05) is 39.6 Å². The van der Waals surface area contributed by atoms with Crippen molar-refractivity contribution in [1.29, 1.82) is 0 Å². The first-order chi connectivity index (χ1) is 47.0. The van der Waals surface area contributed by atoms with Gasteiger partial charge in [-0.25, -0.2) is 9.13 Å². The Balaban J connectivity index is 5.20. The molecule has 0 saturated carbocycles. The molecular weight excluding hydrogens is 1270 g/mol. The summed E-state index contributed by atoms with van der Waals surface area (Å²) in [4.78, 5) is 72.8. The number of hydrogen-bond donors (Lipinski definition) is 3. The maximum atomic E-state index is 13.1. The Bertz CT molecular complexity index is 1860. The first-order valence-corrected chi connectivity index (χ1v) is 43.6. The normalized spacial score (nSPS) is 13.9. The number of phosphoric acid groups is 2. The summed E-state index contributed by atoms with van der Waals surface area (Å²) in [6.07, 6.45) is 61.1. The highest BCUT2D eigenvalue weighted by Gasteiger charge is 2.30. The first kappa shape index (κ1) is 95.1. The molecule has 2 unspecified atom stereocenters. The SMILES string of the molecule is CCCCCCCCCCCCCCCCCCCCCC(=O)O[C@H](COC(=O)CCCCCCCCCCCCCCCCCC(C)C)COP(=O)(O)OC[C@@H](O)COP(=O)(O)OC[C@@H](COC(=O)CCCCCCCCCCC)OC(=O)CCCCCCCCCCCCC. The van der Waals surface area contributed by atoms with Gasteiger partial charge in [0.25, 0.3) is 0 Å². The number of esters is 4. The van der Waals surface area contributed by atoms with E-state index in [0.717, 1.165) is 95.8 Å². The van der Waals surface area contributed by atoms with Crippen LogP contribution in [0.2, 0.25) is 0 Å². The summed E-state index contributed by atoms with van der Waals surface area (Å²) in [6.45, 7) is 7.32. The average Bonchev–Trinajstić information content (AvgIpc) is 1.37. The largest absolute Gasteiger partial charge is 0.472 e. The van der Waals surface area contributed by atoms with E-state index < -0.39 is 97.5 Å². The molecule has 5 atom stereocenters. The van der Waals surface area contributed by atoms with Gasteiger partial charge in [-0.3, -0.25) is 37.3 Å². The Hall–Kier alpha value is -1.94. The van der Waals surface area contributed by atoms with Gasteiger partial charge in [0.15, 0.2) is 12.2 Å². The standard InChI is InChI=1S/C78H152O17P2/c1-6-9-12-15-18-21-23-24-25-26-27-28-31-35-39-44-49-54-59-64-78(83)95-74(68-89-76(81)62-57-52-47-42-38-34-32-29-30-33-37-41-45-50-55-60-71(4)5)70-93-97(86,87)91-66-72(79)65-90-96(84,85)92-69-73(67-88-75(80)61-56-51-46-40-20-17-14-11-8-3)94-77(82)63-58-53-48-43-36-22-19-16-13-10-7-2/h71-74,79H,6-70H2,1-5H3,(H,84,85)(H,86,87)/t72-,73+,74+/m0/s1. The van der Waals surface area contributed by atoms with Gasteiger partial charge in [0.05, 0.1) is 26.4 Å². The van der Waals surface area contributed by atoms with Gasteiger partial charge in [-0.15, -0.1) is 0 Å². The molecule has 0 aliphatic rings. The predicted molar refractivity (Wildman–Crippen MR) is 395 cm³/mol. The summed E-state index contributed by atoms with van der Waals surface area (Å²) in [5.41, 5.74) is 0. The number of rotatable bonds is 78. The highest BCUT2D eigenvalue weighted by molar-refractivity contribution is 7.47. The van der Waals surface area contributed by atoms with Gasteiger partial charge in [0.1, 0.15) is 19.3 Å². The van der Waals surface area contributed by atoms with Gasteiger partial charge in [-0.1, -0.05) is 362 Å². The van der Waals surface area contributed by atoms with E-state index in [1.807, 2.05) is 0 Å². The van der Waals surface area contributed by atoms with E-state index >= 15 is 0 Å². The third-order valence-corrected chi connectivity index (χ3v) is 20.2. The number of hydrogen-bond acceptors (Lipinski definition) is 15. The lowest BCUT2D eigenvalue weighted by Gasteiger charge is -2.21. The molecule has 0 aliphatic heterocycles. The Labute approximate surface area is 594 Å². The van der Waals surface area contributed by atoms with E-state index in [1.165, 1.54) is 238 Å². The maximum Gasteiger partial charge on any atom is 0.472 e. The minimum atomic E-state index is -4.96. The van der Waals surface area contributed by atoms with Crippen molar-refractivity contribution in [3.63, 3.8) is 0 Å².